The predicted octanol–water partition coefficient (Wildman–Crippen LogP) is 2.61. The van der Waals surface area contributed by atoms with Crippen LogP contribution in [0.5, 0.6) is 0 Å². The van der Waals surface area contributed by atoms with E-state index in [1.165, 1.54) is 0 Å². The van der Waals surface area contributed by atoms with Gasteiger partial charge in [-0.1, -0.05) is 31.2 Å². The van der Waals surface area contributed by atoms with Gasteiger partial charge in [0.15, 0.2) is 5.78 Å². The second-order valence-corrected chi connectivity index (χ2v) is 7.29. The molecule has 29 heavy (non-hydrogen) atoms. The number of anilines is 1. The first kappa shape index (κ1) is 18.9. The monoisotopic (exact) mass is 391 g/mol. The van der Waals surface area contributed by atoms with Gasteiger partial charge < -0.3 is 10.6 Å². The standard InChI is InChI=1S/C22H21N3O4/c1-2-19(27)23-16-9-7-15(8-10-16)18(26)13-25-20(28)22(24-21(25)29)12-11-14-5-3-4-6-17(14)22/h3-10H,2,11-13H2,1H3,(H,23,27)(H,24,29)/t22-/m1/s1. The Morgan fingerprint density at radius 1 is 1.10 bits per heavy atom. The summed E-state index contributed by atoms with van der Waals surface area (Å²) in [5.74, 6) is -0.844. The molecule has 4 rings (SSSR count). The lowest BCUT2D eigenvalue weighted by Crippen LogP contribution is -2.42. The number of hydrogen-bond donors (Lipinski definition) is 2. The Bertz CT molecular complexity index is 1010. The molecule has 1 atom stereocenters. The maximum absolute atomic E-state index is 13.1. The van der Waals surface area contributed by atoms with Crippen LogP contribution in [0.3, 0.4) is 0 Å². The van der Waals surface area contributed by atoms with Gasteiger partial charge >= 0.3 is 6.03 Å². The number of fused-ring (bicyclic) bond motifs is 2. The fourth-order valence-electron chi connectivity index (χ4n) is 3.96. The van der Waals surface area contributed by atoms with E-state index in [1.807, 2.05) is 24.3 Å². The van der Waals surface area contributed by atoms with E-state index in [-0.39, 0.29) is 24.1 Å². The van der Waals surface area contributed by atoms with Gasteiger partial charge in [0.2, 0.25) is 5.91 Å². The van der Waals surface area contributed by atoms with Crippen LogP contribution in [0, 0.1) is 0 Å². The van der Waals surface area contributed by atoms with Crippen LogP contribution in [0.25, 0.3) is 0 Å². The molecule has 2 aliphatic rings. The number of rotatable bonds is 5. The average molecular weight is 391 g/mol. The summed E-state index contributed by atoms with van der Waals surface area (Å²) < 4.78 is 0. The Labute approximate surface area is 168 Å². The van der Waals surface area contributed by atoms with Gasteiger partial charge in [-0.2, -0.15) is 0 Å². The second-order valence-electron chi connectivity index (χ2n) is 7.29. The summed E-state index contributed by atoms with van der Waals surface area (Å²) in [4.78, 5) is 50.8. The molecule has 4 amide bonds. The van der Waals surface area contributed by atoms with Gasteiger partial charge in [0.05, 0.1) is 6.54 Å². The fraction of sp³-hybridized carbons (Fsp3) is 0.273. The summed E-state index contributed by atoms with van der Waals surface area (Å²) in [5.41, 5.74) is 1.74. The van der Waals surface area contributed by atoms with E-state index < -0.39 is 11.6 Å². The number of benzene rings is 2. The summed E-state index contributed by atoms with van der Waals surface area (Å²) >= 11 is 0. The van der Waals surface area contributed by atoms with Gasteiger partial charge in [0.1, 0.15) is 5.54 Å². The number of amides is 4. The summed E-state index contributed by atoms with van der Waals surface area (Å²) in [5, 5.41) is 5.53. The number of ketones is 1. The molecule has 1 saturated heterocycles. The van der Waals surface area contributed by atoms with Crippen molar-refractivity contribution >= 4 is 29.3 Å². The highest BCUT2D eigenvalue weighted by Crippen LogP contribution is 2.41. The number of Topliss-reactive ketones (excluding diaryl/α,β-unsaturated/α-hetero) is 1. The summed E-state index contributed by atoms with van der Waals surface area (Å²) in [7, 11) is 0. The van der Waals surface area contributed by atoms with Gasteiger partial charge in [-0.15, -0.1) is 0 Å². The summed E-state index contributed by atoms with van der Waals surface area (Å²) in [6, 6.07) is 13.4. The predicted molar refractivity (Wildman–Crippen MR) is 106 cm³/mol. The fourth-order valence-corrected chi connectivity index (χ4v) is 3.96. The van der Waals surface area contributed by atoms with Crippen LogP contribution in [0.1, 0.15) is 41.3 Å². The molecule has 0 saturated carbocycles. The van der Waals surface area contributed by atoms with Crippen molar-refractivity contribution in [2.24, 2.45) is 0 Å². The molecular weight excluding hydrogens is 370 g/mol. The second kappa shape index (κ2) is 7.16. The van der Waals surface area contributed by atoms with Crippen molar-refractivity contribution in [1.29, 1.82) is 0 Å². The third kappa shape index (κ3) is 3.18. The van der Waals surface area contributed by atoms with Crippen molar-refractivity contribution in [3.63, 3.8) is 0 Å². The molecule has 1 heterocycles. The van der Waals surface area contributed by atoms with E-state index in [0.29, 0.717) is 30.5 Å². The van der Waals surface area contributed by atoms with Gasteiger partial charge in [-0.3, -0.25) is 19.3 Å². The normalized spacial score (nSPS) is 20.0. The number of urea groups is 1. The number of imide groups is 1. The van der Waals surface area contributed by atoms with Crippen LogP contribution in [0.15, 0.2) is 48.5 Å². The average Bonchev–Trinajstić information content (AvgIpc) is 3.21. The van der Waals surface area contributed by atoms with Gasteiger partial charge in [-0.25, -0.2) is 4.79 Å². The van der Waals surface area contributed by atoms with Crippen molar-refractivity contribution < 1.29 is 19.2 Å². The highest BCUT2D eigenvalue weighted by Gasteiger charge is 2.55. The maximum atomic E-state index is 13.1. The van der Waals surface area contributed by atoms with E-state index in [4.69, 9.17) is 0 Å². The highest BCUT2D eigenvalue weighted by atomic mass is 16.2. The molecule has 7 heteroatoms. The lowest BCUT2D eigenvalue weighted by molar-refractivity contribution is -0.131. The van der Waals surface area contributed by atoms with Crippen LogP contribution in [0.2, 0.25) is 0 Å². The van der Waals surface area contributed by atoms with Gasteiger partial charge in [0, 0.05) is 17.7 Å². The van der Waals surface area contributed by atoms with Crippen molar-refractivity contribution in [3.8, 4) is 0 Å². The Hall–Kier alpha value is -3.48. The molecule has 2 aromatic rings. The van der Waals surface area contributed by atoms with Crippen LogP contribution < -0.4 is 10.6 Å². The largest absolute Gasteiger partial charge is 0.326 e. The molecule has 0 unspecified atom stereocenters. The Morgan fingerprint density at radius 3 is 2.55 bits per heavy atom. The molecule has 1 spiro atoms. The first-order chi connectivity index (χ1) is 13.9. The zero-order valence-electron chi connectivity index (χ0n) is 16.0. The number of nitrogens with one attached hydrogen (secondary N) is 2. The Morgan fingerprint density at radius 2 is 1.83 bits per heavy atom. The van der Waals surface area contributed by atoms with Gasteiger partial charge in [-0.05, 0) is 48.2 Å². The first-order valence-corrected chi connectivity index (χ1v) is 9.60. The molecule has 0 aromatic heterocycles. The molecule has 148 valence electrons. The van der Waals surface area contributed by atoms with E-state index in [9.17, 15) is 19.2 Å². The third-order valence-corrected chi connectivity index (χ3v) is 5.54. The lowest BCUT2D eigenvalue weighted by atomic mass is 9.92. The number of carbonyl (C=O) groups is 4. The zero-order chi connectivity index (χ0) is 20.6. The Kier molecular flexibility index (Phi) is 4.66. The SMILES string of the molecule is CCC(=O)Nc1ccc(C(=O)CN2C(=O)N[C@@]3(CCc4ccccc43)C2=O)cc1. The van der Waals surface area contributed by atoms with Crippen molar-refractivity contribution in [3.05, 3.63) is 65.2 Å². The molecule has 2 aromatic carbocycles. The molecule has 1 aliphatic carbocycles. The molecule has 2 N–H and O–H groups in total. The van der Waals surface area contributed by atoms with Crippen molar-refractivity contribution in [2.45, 2.75) is 31.7 Å². The molecule has 0 radical (unpaired) electrons. The van der Waals surface area contributed by atoms with E-state index in [1.54, 1.807) is 31.2 Å². The molecule has 0 bridgehead atoms. The van der Waals surface area contributed by atoms with Crippen LogP contribution >= 0.6 is 0 Å². The smallest absolute Gasteiger partial charge is 0.325 e. The number of aryl methyl sites for hydroxylation is 1. The van der Waals surface area contributed by atoms with E-state index in [0.717, 1.165) is 16.0 Å². The van der Waals surface area contributed by atoms with Crippen molar-refractivity contribution in [1.82, 2.24) is 10.2 Å². The lowest BCUT2D eigenvalue weighted by Gasteiger charge is -2.22. The van der Waals surface area contributed by atoms with E-state index in [2.05, 4.69) is 10.6 Å². The minimum Gasteiger partial charge on any atom is -0.326 e. The van der Waals surface area contributed by atoms with E-state index >= 15 is 0 Å². The minimum absolute atomic E-state index is 0.120. The maximum Gasteiger partial charge on any atom is 0.325 e. The van der Waals surface area contributed by atoms with Gasteiger partial charge in [0.25, 0.3) is 5.91 Å². The highest BCUT2D eigenvalue weighted by molar-refractivity contribution is 6.12. The molecule has 1 aliphatic heterocycles. The quantitative estimate of drug-likeness (QED) is 0.605. The number of carbonyl (C=O) groups excluding carboxylic acids is 4. The Balaban J connectivity index is 1.50. The summed E-state index contributed by atoms with van der Waals surface area (Å²) in [6.45, 7) is 1.43. The zero-order valence-corrected chi connectivity index (χ0v) is 16.0. The third-order valence-electron chi connectivity index (χ3n) is 5.54. The van der Waals surface area contributed by atoms with Crippen LogP contribution in [-0.4, -0.2) is 35.1 Å². The van der Waals surface area contributed by atoms with Crippen LogP contribution in [0.4, 0.5) is 10.5 Å². The molecule has 7 nitrogen and oxygen atoms in total. The topological polar surface area (TPSA) is 95.6 Å². The van der Waals surface area contributed by atoms with Crippen LogP contribution in [-0.2, 0) is 21.5 Å². The van der Waals surface area contributed by atoms with Crippen molar-refractivity contribution in [2.75, 3.05) is 11.9 Å². The molecular formula is C22H21N3O4. The molecule has 1 fully saturated rings. The number of nitrogens with zero attached hydrogens (tertiary/aromatic N) is 1. The summed E-state index contributed by atoms with van der Waals surface area (Å²) in [6.07, 6.45) is 1.56. The minimum atomic E-state index is -1.07. The first-order valence-electron chi connectivity index (χ1n) is 9.60. The number of hydrogen-bond acceptors (Lipinski definition) is 4.